The Morgan fingerprint density at radius 3 is 2.53 bits per heavy atom. The molecule has 2 fully saturated rings. The molecule has 0 aliphatic heterocycles. The molecular weight excluding hydrogens is 234 g/mol. The van der Waals surface area contributed by atoms with Gasteiger partial charge in [0.1, 0.15) is 5.75 Å². The molecule has 19 heavy (non-hydrogen) atoms. The van der Waals surface area contributed by atoms with E-state index in [1.807, 2.05) is 0 Å². The minimum Gasteiger partial charge on any atom is -0.493 e. The fraction of sp³-hybridized carbons (Fsp3) is 0.647. The summed E-state index contributed by atoms with van der Waals surface area (Å²) in [6.45, 7) is 5.98. The van der Waals surface area contributed by atoms with E-state index in [1.54, 1.807) is 0 Å². The van der Waals surface area contributed by atoms with E-state index >= 15 is 0 Å². The lowest BCUT2D eigenvalue weighted by atomic mass is 9.64. The number of nitrogens with two attached hydrogens (primary N) is 1. The number of rotatable bonds is 5. The van der Waals surface area contributed by atoms with Gasteiger partial charge in [-0.1, -0.05) is 18.6 Å². The third-order valence-corrected chi connectivity index (χ3v) is 5.11. The van der Waals surface area contributed by atoms with Gasteiger partial charge in [0.05, 0.1) is 6.61 Å². The zero-order valence-corrected chi connectivity index (χ0v) is 12.2. The highest BCUT2D eigenvalue weighted by Gasteiger charge is 2.40. The molecule has 0 heterocycles. The molecule has 0 amide bonds. The van der Waals surface area contributed by atoms with E-state index in [0.717, 1.165) is 24.8 Å². The van der Waals surface area contributed by atoms with Crippen LogP contribution >= 0.6 is 0 Å². The molecule has 2 aliphatic carbocycles. The van der Waals surface area contributed by atoms with Crippen LogP contribution in [0, 0.1) is 19.8 Å². The van der Waals surface area contributed by atoms with E-state index in [-0.39, 0.29) is 5.41 Å². The van der Waals surface area contributed by atoms with Crippen LogP contribution < -0.4 is 10.5 Å². The monoisotopic (exact) mass is 259 g/mol. The molecule has 2 heteroatoms. The summed E-state index contributed by atoms with van der Waals surface area (Å²) in [6, 6.07) is 4.49. The Morgan fingerprint density at radius 2 is 2.00 bits per heavy atom. The van der Waals surface area contributed by atoms with Gasteiger partial charge in [-0.05, 0) is 56.6 Å². The van der Waals surface area contributed by atoms with Gasteiger partial charge in [0.15, 0.2) is 0 Å². The lowest BCUT2D eigenvalue weighted by Crippen LogP contribution is -2.42. The van der Waals surface area contributed by atoms with Crippen molar-refractivity contribution in [2.45, 2.75) is 51.4 Å². The quantitative estimate of drug-likeness (QED) is 0.878. The average Bonchev–Trinajstić information content (AvgIpc) is 3.16. The smallest absolute Gasteiger partial charge is 0.126 e. The molecular formula is C17H25NO. The van der Waals surface area contributed by atoms with Crippen LogP contribution in [-0.4, -0.2) is 13.2 Å². The van der Waals surface area contributed by atoms with Crippen LogP contribution in [0.2, 0.25) is 0 Å². The Kier molecular flexibility index (Phi) is 3.30. The molecule has 104 valence electrons. The third kappa shape index (κ3) is 2.27. The van der Waals surface area contributed by atoms with Crippen molar-refractivity contribution in [2.75, 3.05) is 13.2 Å². The maximum Gasteiger partial charge on any atom is 0.126 e. The maximum absolute atomic E-state index is 6.20. The second-order valence-corrected chi connectivity index (χ2v) is 6.48. The van der Waals surface area contributed by atoms with Crippen molar-refractivity contribution in [1.82, 2.24) is 0 Å². The number of hydrogen-bond donors (Lipinski definition) is 1. The van der Waals surface area contributed by atoms with Crippen LogP contribution in [-0.2, 0) is 5.41 Å². The largest absolute Gasteiger partial charge is 0.493 e. The highest BCUT2D eigenvalue weighted by molar-refractivity contribution is 5.50. The molecule has 0 bridgehead atoms. The summed E-state index contributed by atoms with van der Waals surface area (Å²) in [4.78, 5) is 0. The molecule has 0 spiro atoms. The molecule has 2 saturated carbocycles. The Hall–Kier alpha value is -1.02. The normalized spacial score (nSPS) is 21.0. The topological polar surface area (TPSA) is 35.2 Å². The molecule has 2 aliphatic rings. The van der Waals surface area contributed by atoms with Crippen molar-refractivity contribution in [2.24, 2.45) is 11.7 Å². The zero-order chi connectivity index (χ0) is 13.5. The van der Waals surface area contributed by atoms with Crippen molar-refractivity contribution >= 4 is 0 Å². The van der Waals surface area contributed by atoms with Gasteiger partial charge in [0.25, 0.3) is 0 Å². The minimum atomic E-state index is 0.192. The number of benzene rings is 1. The molecule has 0 unspecified atom stereocenters. The van der Waals surface area contributed by atoms with E-state index in [4.69, 9.17) is 10.5 Å². The Labute approximate surface area is 116 Å². The first kappa shape index (κ1) is 13.0. The predicted octanol–water partition coefficient (Wildman–Crippen LogP) is 3.47. The van der Waals surface area contributed by atoms with Gasteiger partial charge in [0, 0.05) is 17.5 Å². The van der Waals surface area contributed by atoms with Crippen LogP contribution in [0.3, 0.4) is 0 Å². The molecule has 3 rings (SSSR count). The fourth-order valence-corrected chi connectivity index (χ4v) is 3.07. The summed E-state index contributed by atoms with van der Waals surface area (Å²) in [6.07, 6.45) is 6.40. The van der Waals surface area contributed by atoms with Crippen LogP contribution in [0.25, 0.3) is 0 Å². The average molecular weight is 259 g/mol. The van der Waals surface area contributed by atoms with Crippen LogP contribution in [0.5, 0.6) is 5.75 Å². The molecule has 0 atom stereocenters. The highest BCUT2D eigenvalue weighted by Crippen LogP contribution is 2.48. The summed E-state index contributed by atoms with van der Waals surface area (Å²) in [5, 5.41) is 0. The van der Waals surface area contributed by atoms with Crippen molar-refractivity contribution < 1.29 is 4.74 Å². The van der Waals surface area contributed by atoms with Crippen LogP contribution in [0.1, 0.15) is 48.8 Å². The van der Waals surface area contributed by atoms with Gasteiger partial charge in [0.2, 0.25) is 0 Å². The van der Waals surface area contributed by atoms with Crippen molar-refractivity contribution in [3.05, 3.63) is 28.8 Å². The molecule has 2 N–H and O–H groups in total. The summed E-state index contributed by atoms with van der Waals surface area (Å²) < 4.78 is 6.20. The number of aryl methyl sites for hydroxylation is 1. The van der Waals surface area contributed by atoms with Gasteiger partial charge < -0.3 is 10.5 Å². The molecule has 1 aromatic carbocycles. The van der Waals surface area contributed by atoms with Crippen LogP contribution in [0.4, 0.5) is 0 Å². The van der Waals surface area contributed by atoms with E-state index in [9.17, 15) is 0 Å². The van der Waals surface area contributed by atoms with Gasteiger partial charge in [-0.3, -0.25) is 0 Å². The zero-order valence-electron chi connectivity index (χ0n) is 12.2. The van der Waals surface area contributed by atoms with Gasteiger partial charge >= 0.3 is 0 Å². The fourth-order valence-electron chi connectivity index (χ4n) is 3.07. The summed E-state index contributed by atoms with van der Waals surface area (Å²) in [5.74, 6) is 1.93. The summed E-state index contributed by atoms with van der Waals surface area (Å²) in [7, 11) is 0. The second kappa shape index (κ2) is 4.82. The molecule has 0 saturated heterocycles. The van der Waals surface area contributed by atoms with Crippen molar-refractivity contribution in [3.8, 4) is 5.75 Å². The lowest BCUT2D eigenvalue weighted by molar-refractivity contribution is 0.231. The highest BCUT2D eigenvalue weighted by atomic mass is 16.5. The Bertz CT molecular complexity index is 467. The molecule has 0 aromatic heterocycles. The molecule has 0 radical (unpaired) electrons. The first-order chi connectivity index (χ1) is 9.16. The third-order valence-electron chi connectivity index (χ3n) is 5.11. The Morgan fingerprint density at radius 1 is 1.26 bits per heavy atom. The van der Waals surface area contributed by atoms with E-state index < -0.39 is 0 Å². The van der Waals surface area contributed by atoms with E-state index in [1.165, 1.54) is 48.8 Å². The summed E-state index contributed by atoms with van der Waals surface area (Å²) >= 11 is 0. The second-order valence-electron chi connectivity index (χ2n) is 6.48. The summed E-state index contributed by atoms with van der Waals surface area (Å²) in [5.41, 5.74) is 10.3. The SMILES string of the molecule is Cc1ccc(C2(CN)CCC2)c(OCC2CC2)c1C. The standard InChI is InChI=1S/C17H25NO/c1-12-4-7-15(17(11-18)8-3-9-17)16(13(12)2)19-10-14-5-6-14/h4,7,14H,3,5-6,8-11,18H2,1-2H3. The lowest BCUT2D eigenvalue weighted by Gasteiger charge is -2.42. The molecule has 2 nitrogen and oxygen atoms in total. The van der Waals surface area contributed by atoms with Crippen molar-refractivity contribution in [1.29, 1.82) is 0 Å². The van der Waals surface area contributed by atoms with Gasteiger partial charge in [-0.15, -0.1) is 0 Å². The minimum absolute atomic E-state index is 0.192. The van der Waals surface area contributed by atoms with E-state index in [2.05, 4.69) is 26.0 Å². The van der Waals surface area contributed by atoms with Gasteiger partial charge in [-0.25, -0.2) is 0 Å². The van der Waals surface area contributed by atoms with E-state index in [0.29, 0.717) is 0 Å². The number of ether oxygens (including phenoxy) is 1. The Balaban J connectivity index is 1.94. The predicted molar refractivity (Wildman–Crippen MR) is 78.7 cm³/mol. The maximum atomic E-state index is 6.20. The van der Waals surface area contributed by atoms with Crippen LogP contribution in [0.15, 0.2) is 12.1 Å². The first-order valence-electron chi connectivity index (χ1n) is 7.60. The first-order valence-corrected chi connectivity index (χ1v) is 7.60. The number of hydrogen-bond acceptors (Lipinski definition) is 2. The van der Waals surface area contributed by atoms with Crippen molar-refractivity contribution in [3.63, 3.8) is 0 Å². The molecule has 1 aromatic rings. The van der Waals surface area contributed by atoms with Gasteiger partial charge in [-0.2, -0.15) is 0 Å².